The minimum Gasteiger partial charge on any atom is -0.394 e. The zero-order valence-corrected chi connectivity index (χ0v) is 11.2. The summed E-state index contributed by atoms with van der Waals surface area (Å²) in [6, 6.07) is 5.83. The highest BCUT2D eigenvalue weighted by Crippen LogP contribution is 2.24. The lowest BCUT2D eigenvalue weighted by molar-refractivity contribution is -0.121. The Labute approximate surface area is 109 Å². The fourth-order valence-corrected chi connectivity index (χ4v) is 2.27. The molecule has 0 radical (unpaired) electrons. The summed E-state index contributed by atoms with van der Waals surface area (Å²) >= 11 is 3.48. The van der Waals surface area contributed by atoms with Crippen LogP contribution >= 0.6 is 15.9 Å². The molecule has 1 aromatic carbocycles. The lowest BCUT2D eigenvalue weighted by Gasteiger charge is -2.33. The van der Waals surface area contributed by atoms with Gasteiger partial charge in [-0.1, -0.05) is 22.0 Å². The molecule has 1 unspecified atom stereocenters. The van der Waals surface area contributed by atoms with Gasteiger partial charge in [0.05, 0.1) is 19.2 Å². The van der Waals surface area contributed by atoms with E-state index < -0.39 is 0 Å². The number of anilines is 1. The first-order valence-electron chi connectivity index (χ1n) is 5.51. The summed E-state index contributed by atoms with van der Waals surface area (Å²) in [5, 5.41) is 11.9. The molecule has 17 heavy (non-hydrogen) atoms. The largest absolute Gasteiger partial charge is 0.394 e. The summed E-state index contributed by atoms with van der Waals surface area (Å²) in [5.74, 6) is -0.0491. The maximum atomic E-state index is 11.5. The molecule has 1 aliphatic rings. The van der Waals surface area contributed by atoms with Crippen LogP contribution in [0.4, 0.5) is 5.69 Å². The van der Waals surface area contributed by atoms with Crippen LogP contribution in [-0.2, 0) is 4.79 Å². The summed E-state index contributed by atoms with van der Waals surface area (Å²) in [6.45, 7) is 2.96. The summed E-state index contributed by atoms with van der Waals surface area (Å²) in [6.07, 6.45) is 0. The number of carbonyl (C=O) groups is 1. The molecule has 4 nitrogen and oxygen atoms in total. The molecule has 0 spiro atoms. The Hall–Kier alpha value is -1.07. The van der Waals surface area contributed by atoms with E-state index in [2.05, 4.69) is 21.2 Å². The van der Waals surface area contributed by atoms with Gasteiger partial charge in [-0.3, -0.25) is 4.79 Å². The minimum atomic E-state index is -0.184. The number of benzene rings is 1. The van der Waals surface area contributed by atoms with Gasteiger partial charge in [-0.05, 0) is 24.6 Å². The zero-order chi connectivity index (χ0) is 12.4. The molecule has 0 saturated carbocycles. The third kappa shape index (κ3) is 2.79. The molecule has 2 N–H and O–H groups in total. The van der Waals surface area contributed by atoms with Crippen LogP contribution in [0.1, 0.15) is 5.56 Å². The Balaban J connectivity index is 2.20. The van der Waals surface area contributed by atoms with Crippen molar-refractivity contribution in [1.29, 1.82) is 0 Å². The fraction of sp³-hybridized carbons (Fsp3) is 0.417. The number of amides is 1. The van der Waals surface area contributed by atoms with Crippen molar-refractivity contribution in [2.24, 2.45) is 0 Å². The SMILES string of the molecule is Cc1ccc(N2CC(=O)NC(CO)C2)cc1Br. The lowest BCUT2D eigenvalue weighted by atomic mass is 10.1. The number of aliphatic hydroxyl groups is 1. The normalized spacial score (nSPS) is 20.3. The Kier molecular flexibility index (Phi) is 3.69. The maximum absolute atomic E-state index is 11.5. The van der Waals surface area contributed by atoms with Crippen LogP contribution in [0.5, 0.6) is 0 Å². The third-order valence-corrected chi connectivity index (χ3v) is 3.74. The number of nitrogens with one attached hydrogen (secondary N) is 1. The van der Waals surface area contributed by atoms with Gasteiger partial charge in [0.15, 0.2) is 0 Å². The summed E-state index contributed by atoms with van der Waals surface area (Å²) in [5.41, 5.74) is 2.16. The molecule has 0 bridgehead atoms. The van der Waals surface area contributed by atoms with Crippen molar-refractivity contribution < 1.29 is 9.90 Å². The van der Waals surface area contributed by atoms with E-state index in [0.29, 0.717) is 13.1 Å². The monoisotopic (exact) mass is 298 g/mol. The highest BCUT2D eigenvalue weighted by Gasteiger charge is 2.24. The van der Waals surface area contributed by atoms with E-state index in [9.17, 15) is 4.79 Å². The molecule has 1 fully saturated rings. The number of aryl methyl sites for hydroxylation is 1. The van der Waals surface area contributed by atoms with Crippen molar-refractivity contribution in [3.63, 3.8) is 0 Å². The van der Waals surface area contributed by atoms with Gasteiger partial charge < -0.3 is 15.3 Å². The molecule has 2 rings (SSSR count). The van der Waals surface area contributed by atoms with Crippen LogP contribution in [0, 0.1) is 6.92 Å². The molecule has 1 amide bonds. The van der Waals surface area contributed by atoms with Crippen LogP contribution in [0.15, 0.2) is 22.7 Å². The Morgan fingerprint density at radius 2 is 2.35 bits per heavy atom. The second-order valence-corrected chi connectivity index (χ2v) is 5.12. The molecule has 1 aromatic rings. The fourth-order valence-electron chi connectivity index (χ4n) is 1.90. The van der Waals surface area contributed by atoms with Crippen LogP contribution in [0.3, 0.4) is 0 Å². The van der Waals surface area contributed by atoms with Crippen LogP contribution in [-0.4, -0.2) is 36.8 Å². The summed E-state index contributed by atoms with van der Waals surface area (Å²) in [7, 11) is 0. The Bertz CT molecular complexity index is 437. The van der Waals surface area contributed by atoms with Gasteiger partial charge in [0.25, 0.3) is 0 Å². The third-order valence-electron chi connectivity index (χ3n) is 2.88. The molecular formula is C12H15BrN2O2. The van der Waals surface area contributed by atoms with Crippen molar-refractivity contribution in [3.05, 3.63) is 28.2 Å². The van der Waals surface area contributed by atoms with E-state index in [1.54, 1.807) is 0 Å². The maximum Gasteiger partial charge on any atom is 0.239 e. The molecule has 1 heterocycles. The summed E-state index contributed by atoms with van der Waals surface area (Å²) in [4.78, 5) is 13.5. The van der Waals surface area contributed by atoms with Gasteiger partial charge in [0, 0.05) is 16.7 Å². The Morgan fingerprint density at radius 1 is 1.59 bits per heavy atom. The predicted octanol–water partition coefficient (Wildman–Crippen LogP) is 1.05. The van der Waals surface area contributed by atoms with Crippen LogP contribution in [0.2, 0.25) is 0 Å². The smallest absolute Gasteiger partial charge is 0.239 e. The number of hydrogen-bond donors (Lipinski definition) is 2. The first kappa shape index (κ1) is 12.4. The van der Waals surface area contributed by atoms with Crippen molar-refractivity contribution in [1.82, 2.24) is 5.32 Å². The molecule has 1 aliphatic heterocycles. The zero-order valence-electron chi connectivity index (χ0n) is 9.61. The number of rotatable bonds is 2. The second kappa shape index (κ2) is 5.06. The van der Waals surface area contributed by atoms with E-state index in [-0.39, 0.29) is 18.6 Å². The van der Waals surface area contributed by atoms with Gasteiger partial charge in [0.2, 0.25) is 5.91 Å². The van der Waals surface area contributed by atoms with Gasteiger partial charge >= 0.3 is 0 Å². The number of halogens is 1. The number of carbonyl (C=O) groups excluding carboxylic acids is 1. The molecular weight excluding hydrogens is 284 g/mol. The quantitative estimate of drug-likeness (QED) is 0.858. The predicted molar refractivity (Wildman–Crippen MR) is 70.1 cm³/mol. The lowest BCUT2D eigenvalue weighted by Crippen LogP contribution is -2.55. The van der Waals surface area contributed by atoms with E-state index in [0.717, 1.165) is 15.7 Å². The Morgan fingerprint density at radius 3 is 3.00 bits per heavy atom. The van der Waals surface area contributed by atoms with E-state index >= 15 is 0 Å². The second-order valence-electron chi connectivity index (χ2n) is 4.26. The minimum absolute atomic E-state index is 0.0325. The number of nitrogens with zero attached hydrogens (tertiary/aromatic N) is 1. The van der Waals surface area contributed by atoms with E-state index in [1.807, 2.05) is 30.0 Å². The molecule has 1 saturated heterocycles. The van der Waals surface area contributed by atoms with Gasteiger partial charge in [-0.25, -0.2) is 0 Å². The highest BCUT2D eigenvalue weighted by atomic mass is 79.9. The molecule has 5 heteroatoms. The number of hydrogen-bond acceptors (Lipinski definition) is 3. The molecule has 0 aliphatic carbocycles. The average molecular weight is 299 g/mol. The van der Waals surface area contributed by atoms with Crippen LogP contribution < -0.4 is 10.2 Å². The standard InChI is InChI=1S/C12H15BrN2O2/c1-8-2-3-10(4-11(8)13)15-5-9(7-16)14-12(17)6-15/h2-4,9,16H,5-7H2,1H3,(H,14,17). The van der Waals surface area contributed by atoms with Gasteiger partial charge in [-0.15, -0.1) is 0 Å². The van der Waals surface area contributed by atoms with Crippen molar-refractivity contribution in [3.8, 4) is 0 Å². The van der Waals surface area contributed by atoms with Crippen molar-refractivity contribution in [2.45, 2.75) is 13.0 Å². The van der Waals surface area contributed by atoms with Gasteiger partial charge in [-0.2, -0.15) is 0 Å². The summed E-state index contributed by atoms with van der Waals surface area (Å²) < 4.78 is 1.03. The van der Waals surface area contributed by atoms with Crippen molar-refractivity contribution >= 4 is 27.5 Å². The van der Waals surface area contributed by atoms with Crippen molar-refractivity contribution in [2.75, 3.05) is 24.6 Å². The van der Waals surface area contributed by atoms with Crippen LogP contribution in [0.25, 0.3) is 0 Å². The molecule has 0 aromatic heterocycles. The molecule has 1 atom stereocenters. The van der Waals surface area contributed by atoms with E-state index in [4.69, 9.17) is 5.11 Å². The first-order valence-corrected chi connectivity index (χ1v) is 6.31. The highest BCUT2D eigenvalue weighted by molar-refractivity contribution is 9.10. The molecule has 92 valence electrons. The van der Waals surface area contributed by atoms with Gasteiger partial charge in [0.1, 0.15) is 0 Å². The average Bonchev–Trinajstić information content (AvgIpc) is 2.32. The van der Waals surface area contributed by atoms with E-state index in [1.165, 1.54) is 0 Å². The number of piperazine rings is 1. The first-order chi connectivity index (χ1) is 8.10. The number of aliphatic hydroxyl groups excluding tert-OH is 1. The topological polar surface area (TPSA) is 52.6 Å².